The van der Waals surface area contributed by atoms with Gasteiger partial charge >= 0.3 is 0 Å². The van der Waals surface area contributed by atoms with Crippen LogP contribution in [0.2, 0.25) is 0 Å². The Bertz CT molecular complexity index is 266. The zero-order chi connectivity index (χ0) is 10.4. The maximum Gasteiger partial charge on any atom is 0.123 e. The maximum absolute atomic E-state index is 12.6. The lowest BCUT2D eigenvalue weighted by molar-refractivity contribution is 0.175. The van der Waals surface area contributed by atoms with Crippen molar-refractivity contribution >= 4 is 12.4 Å². The molecule has 1 aromatic rings. The SMILES string of the molecule is CCCNCC(O)c1ccc(F)cc1.Cl. The molecule has 0 aliphatic carbocycles. The zero-order valence-corrected chi connectivity index (χ0v) is 9.56. The number of rotatable bonds is 5. The molecule has 0 spiro atoms. The minimum Gasteiger partial charge on any atom is -0.387 e. The lowest BCUT2D eigenvalue weighted by Gasteiger charge is -2.11. The number of hydrogen-bond donors (Lipinski definition) is 2. The van der Waals surface area contributed by atoms with E-state index in [1.807, 2.05) is 0 Å². The van der Waals surface area contributed by atoms with Gasteiger partial charge in [0.15, 0.2) is 0 Å². The van der Waals surface area contributed by atoms with E-state index in [4.69, 9.17) is 0 Å². The zero-order valence-electron chi connectivity index (χ0n) is 8.74. The van der Waals surface area contributed by atoms with Gasteiger partial charge in [0.25, 0.3) is 0 Å². The third-order valence-electron chi connectivity index (χ3n) is 2.02. The van der Waals surface area contributed by atoms with Crippen LogP contribution < -0.4 is 5.32 Å². The molecule has 2 N–H and O–H groups in total. The van der Waals surface area contributed by atoms with Crippen molar-refractivity contribution in [3.8, 4) is 0 Å². The molecule has 86 valence electrons. The Kier molecular flexibility index (Phi) is 7.30. The molecule has 1 unspecified atom stereocenters. The lowest BCUT2D eigenvalue weighted by atomic mass is 10.1. The van der Waals surface area contributed by atoms with Crippen molar-refractivity contribution in [3.63, 3.8) is 0 Å². The summed E-state index contributed by atoms with van der Waals surface area (Å²) in [7, 11) is 0. The Labute approximate surface area is 95.9 Å². The predicted octanol–water partition coefficient (Wildman–Crippen LogP) is 2.28. The third kappa shape index (κ3) is 5.11. The highest BCUT2D eigenvalue weighted by Crippen LogP contribution is 2.12. The molecule has 0 saturated carbocycles. The van der Waals surface area contributed by atoms with Gasteiger partial charge in [-0.25, -0.2) is 4.39 Å². The highest BCUT2D eigenvalue weighted by atomic mass is 35.5. The first kappa shape index (κ1) is 14.4. The summed E-state index contributed by atoms with van der Waals surface area (Å²) in [5.41, 5.74) is 0.745. The second-order valence-corrected chi connectivity index (χ2v) is 3.27. The van der Waals surface area contributed by atoms with E-state index in [9.17, 15) is 9.50 Å². The Balaban J connectivity index is 0.00000196. The summed E-state index contributed by atoms with van der Waals surface area (Å²) in [6, 6.07) is 5.93. The molecular weight excluding hydrogens is 217 g/mol. The Morgan fingerprint density at radius 2 is 1.93 bits per heavy atom. The van der Waals surface area contributed by atoms with Crippen molar-refractivity contribution in [1.29, 1.82) is 0 Å². The number of aliphatic hydroxyl groups excluding tert-OH is 1. The molecule has 2 nitrogen and oxygen atoms in total. The summed E-state index contributed by atoms with van der Waals surface area (Å²) < 4.78 is 12.6. The van der Waals surface area contributed by atoms with E-state index >= 15 is 0 Å². The average molecular weight is 234 g/mol. The standard InChI is InChI=1S/C11H16FNO.ClH/c1-2-7-13-8-11(14)9-3-5-10(12)6-4-9;/h3-6,11,13-14H,2,7-8H2,1H3;1H. The van der Waals surface area contributed by atoms with Crippen LogP contribution in [0.15, 0.2) is 24.3 Å². The molecule has 1 rings (SSSR count). The van der Waals surface area contributed by atoms with Gasteiger partial charge in [0, 0.05) is 6.54 Å². The fourth-order valence-electron chi connectivity index (χ4n) is 1.22. The number of aliphatic hydroxyl groups is 1. The Morgan fingerprint density at radius 1 is 1.33 bits per heavy atom. The molecule has 1 atom stereocenters. The minimum absolute atomic E-state index is 0. The quantitative estimate of drug-likeness (QED) is 0.765. The molecule has 0 aliphatic heterocycles. The topological polar surface area (TPSA) is 32.3 Å². The van der Waals surface area contributed by atoms with Crippen LogP contribution in [0.3, 0.4) is 0 Å². The minimum atomic E-state index is -0.554. The van der Waals surface area contributed by atoms with Gasteiger partial charge in [-0.2, -0.15) is 0 Å². The first-order valence-electron chi connectivity index (χ1n) is 4.88. The van der Waals surface area contributed by atoms with E-state index in [0.29, 0.717) is 6.54 Å². The van der Waals surface area contributed by atoms with Crippen molar-refractivity contribution < 1.29 is 9.50 Å². The molecule has 0 amide bonds. The summed E-state index contributed by atoms with van der Waals surface area (Å²) in [4.78, 5) is 0. The molecule has 0 heterocycles. The number of hydrogen-bond acceptors (Lipinski definition) is 2. The fourth-order valence-corrected chi connectivity index (χ4v) is 1.22. The molecule has 4 heteroatoms. The van der Waals surface area contributed by atoms with Crippen LogP contribution in [-0.2, 0) is 0 Å². The van der Waals surface area contributed by atoms with E-state index in [-0.39, 0.29) is 18.2 Å². The molecule has 0 aliphatic rings. The van der Waals surface area contributed by atoms with Crippen LogP contribution in [0.5, 0.6) is 0 Å². The van der Waals surface area contributed by atoms with Crippen LogP contribution in [0.25, 0.3) is 0 Å². The molecule has 0 fully saturated rings. The lowest BCUT2D eigenvalue weighted by Crippen LogP contribution is -2.22. The first-order valence-corrected chi connectivity index (χ1v) is 4.88. The van der Waals surface area contributed by atoms with Gasteiger partial charge in [-0.05, 0) is 30.7 Å². The van der Waals surface area contributed by atoms with Crippen LogP contribution in [0.1, 0.15) is 25.0 Å². The van der Waals surface area contributed by atoms with Gasteiger partial charge in [0.2, 0.25) is 0 Å². The molecular formula is C11H17ClFNO. The Morgan fingerprint density at radius 3 is 2.47 bits per heavy atom. The van der Waals surface area contributed by atoms with Crippen molar-refractivity contribution in [1.82, 2.24) is 5.32 Å². The largest absolute Gasteiger partial charge is 0.387 e. The van der Waals surface area contributed by atoms with Crippen molar-refractivity contribution in [3.05, 3.63) is 35.6 Å². The van der Waals surface area contributed by atoms with Gasteiger partial charge in [-0.3, -0.25) is 0 Å². The molecule has 15 heavy (non-hydrogen) atoms. The van der Waals surface area contributed by atoms with Crippen molar-refractivity contribution in [2.24, 2.45) is 0 Å². The monoisotopic (exact) mass is 233 g/mol. The smallest absolute Gasteiger partial charge is 0.123 e. The van der Waals surface area contributed by atoms with Crippen molar-refractivity contribution in [2.75, 3.05) is 13.1 Å². The average Bonchev–Trinajstić information content (AvgIpc) is 2.19. The third-order valence-corrected chi connectivity index (χ3v) is 2.02. The highest BCUT2D eigenvalue weighted by Gasteiger charge is 2.05. The molecule has 0 aromatic heterocycles. The van der Waals surface area contributed by atoms with Crippen LogP contribution in [0.4, 0.5) is 4.39 Å². The van der Waals surface area contributed by atoms with E-state index < -0.39 is 6.10 Å². The summed E-state index contributed by atoms with van der Waals surface area (Å²) in [6.07, 6.45) is 0.484. The first-order chi connectivity index (χ1) is 6.74. The van der Waals surface area contributed by atoms with Crippen LogP contribution in [-0.4, -0.2) is 18.2 Å². The molecule has 0 radical (unpaired) electrons. The van der Waals surface area contributed by atoms with Crippen LogP contribution in [0, 0.1) is 5.82 Å². The second kappa shape index (κ2) is 7.63. The predicted molar refractivity (Wildman–Crippen MR) is 61.8 cm³/mol. The molecule has 0 saturated heterocycles. The van der Waals surface area contributed by atoms with Crippen molar-refractivity contribution in [2.45, 2.75) is 19.4 Å². The van der Waals surface area contributed by atoms with Gasteiger partial charge in [0.05, 0.1) is 6.10 Å². The number of benzene rings is 1. The summed E-state index contributed by atoms with van der Waals surface area (Å²) in [5, 5.41) is 12.8. The normalized spacial score (nSPS) is 11.9. The van der Waals surface area contributed by atoms with E-state index in [1.54, 1.807) is 12.1 Å². The Hall–Kier alpha value is -0.640. The van der Waals surface area contributed by atoms with Gasteiger partial charge in [-0.1, -0.05) is 19.1 Å². The van der Waals surface area contributed by atoms with Gasteiger partial charge in [-0.15, -0.1) is 12.4 Å². The highest BCUT2D eigenvalue weighted by molar-refractivity contribution is 5.85. The fraction of sp³-hybridized carbons (Fsp3) is 0.455. The molecule has 0 bridgehead atoms. The molecule has 1 aromatic carbocycles. The van der Waals surface area contributed by atoms with Crippen LogP contribution >= 0.6 is 12.4 Å². The van der Waals surface area contributed by atoms with Gasteiger partial charge in [0.1, 0.15) is 5.82 Å². The summed E-state index contributed by atoms with van der Waals surface area (Å²) in [6.45, 7) is 3.47. The van der Waals surface area contributed by atoms with E-state index in [1.165, 1.54) is 12.1 Å². The maximum atomic E-state index is 12.6. The van der Waals surface area contributed by atoms with Gasteiger partial charge < -0.3 is 10.4 Å². The summed E-state index contributed by atoms with van der Waals surface area (Å²) in [5.74, 6) is -0.275. The van der Waals surface area contributed by atoms with E-state index in [0.717, 1.165) is 18.5 Å². The second-order valence-electron chi connectivity index (χ2n) is 3.27. The number of halogens is 2. The van der Waals surface area contributed by atoms with E-state index in [2.05, 4.69) is 12.2 Å². The summed E-state index contributed by atoms with van der Waals surface area (Å²) >= 11 is 0. The number of nitrogens with one attached hydrogen (secondary N) is 1.